The van der Waals surface area contributed by atoms with Gasteiger partial charge in [-0.15, -0.1) is 0 Å². The first-order valence-electron chi connectivity index (χ1n) is 11.1. The van der Waals surface area contributed by atoms with E-state index in [1.54, 1.807) is 36.4 Å². The predicted molar refractivity (Wildman–Crippen MR) is 144 cm³/mol. The third kappa shape index (κ3) is 4.73. The summed E-state index contributed by atoms with van der Waals surface area (Å²) in [5, 5.41) is 2.99. The van der Waals surface area contributed by atoms with Gasteiger partial charge in [0, 0.05) is 37.0 Å². The first-order chi connectivity index (χ1) is 18.1. The number of aldehydes is 1. The lowest BCUT2D eigenvalue weighted by atomic mass is 9.97. The molecule has 1 heterocycles. The van der Waals surface area contributed by atoms with Crippen LogP contribution in [0, 0.1) is 5.82 Å². The van der Waals surface area contributed by atoms with Gasteiger partial charge in [0.1, 0.15) is 17.1 Å². The number of carbonyl (C=O) groups is 2. The smallest absolute Gasteiger partial charge is 0.330 e. The maximum absolute atomic E-state index is 14.6. The molecule has 0 aliphatic rings. The molecule has 3 aromatic carbocycles. The highest BCUT2D eigenvalue weighted by atomic mass is 35.5. The molecule has 0 aliphatic heterocycles. The number of nitrogens with zero attached hydrogens (tertiary/aromatic N) is 2. The lowest BCUT2D eigenvalue weighted by Crippen LogP contribution is -2.40. The number of amides is 1. The maximum Gasteiger partial charge on any atom is 0.330 e. The zero-order chi connectivity index (χ0) is 27.7. The molecule has 0 spiro atoms. The molecule has 1 aromatic heterocycles. The van der Waals surface area contributed by atoms with E-state index in [0.29, 0.717) is 28.5 Å². The molecule has 4 aromatic rings. The number of anilines is 1. The van der Waals surface area contributed by atoms with Gasteiger partial charge in [0.05, 0.1) is 28.4 Å². The molecule has 0 aliphatic carbocycles. The van der Waals surface area contributed by atoms with Crippen LogP contribution in [-0.2, 0) is 14.1 Å². The molecule has 0 saturated heterocycles. The van der Waals surface area contributed by atoms with Gasteiger partial charge in [0.25, 0.3) is 11.5 Å². The maximum atomic E-state index is 14.6. The van der Waals surface area contributed by atoms with E-state index in [2.05, 4.69) is 5.32 Å². The second kappa shape index (κ2) is 10.6. The monoisotopic (exact) mass is 555 g/mol. The van der Waals surface area contributed by atoms with Crippen LogP contribution in [0.3, 0.4) is 0 Å². The lowest BCUT2D eigenvalue weighted by Gasteiger charge is -2.15. The second-order valence-corrected chi connectivity index (χ2v) is 9.04. The molecule has 0 saturated carbocycles. The minimum atomic E-state index is -0.761. The van der Waals surface area contributed by atoms with Crippen LogP contribution in [0.1, 0.15) is 20.7 Å². The Kier molecular flexibility index (Phi) is 7.52. The Morgan fingerprint density at radius 3 is 2.29 bits per heavy atom. The highest BCUT2D eigenvalue weighted by Crippen LogP contribution is 2.42. The molecule has 0 unspecified atom stereocenters. The van der Waals surface area contributed by atoms with Crippen molar-refractivity contribution in [1.29, 1.82) is 0 Å². The average molecular weight is 556 g/mol. The fourth-order valence-electron chi connectivity index (χ4n) is 3.98. The summed E-state index contributed by atoms with van der Waals surface area (Å²) >= 11 is 13.4. The summed E-state index contributed by atoms with van der Waals surface area (Å²) in [7, 11) is 4.03. The van der Waals surface area contributed by atoms with Gasteiger partial charge in [-0.2, -0.15) is 0 Å². The van der Waals surface area contributed by atoms with Gasteiger partial charge in [-0.3, -0.25) is 19.0 Å². The molecule has 11 heteroatoms. The number of hydrogen-bond acceptors (Lipinski definition) is 5. The number of carbonyl (C=O) groups excluding carboxylic acids is 2. The van der Waals surface area contributed by atoms with Crippen LogP contribution in [0.5, 0.6) is 5.75 Å². The standard InChI is InChI=1S/C27H20Cl2FN3O5/c1-32-12-18(26(36)33(2)27(32)37)25(35)31-21-9-5-8-17(24(21)29)16-7-4-6-15(23(16)28)14-10-20(30)19(13-34)22(11-14)38-3/h4-13H,1-3H3,(H,31,35). The van der Waals surface area contributed by atoms with E-state index in [1.165, 1.54) is 33.3 Å². The van der Waals surface area contributed by atoms with Gasteiger partial charge in [-0.1, -0.05) is 53.5 Å². The fourth-order valence-corrected chi connectivity index (χ4v) is 4.60. The predicted octanol–water partition coefficient (Wildman–Crippen LogP) is 4.94. The Morgan fingerprint density at radius 1 is 1.00 bits per heavy atom. The molecular formula is C27H20Cl2FN3O5. The molecular weight excluding hydrogens is 536 g/mol. The van der Waals surface area contributed by atoms with E-state index in [4.69, 9.17) is 27.9 Å². The summed E-state index contributed by atoms with van der Waals surface area (Å²) in [5.41, 5.74) is 0.213. The molecule has 0 bridgehead atoms. The Bertz CT molecular complexity index is 1730. The van der Waals surface area contributed by atoms with Crippen molar-refractivity contribution in [2.75, 3.05) is 12.4 Å². The van der Waals surface area contributed by atoms with Crippen LogP contribution >= 0.6 is 23.2 Å². The molecule has 194 valence electrons. The molecule has 4 rings (SSSR count). The number of ether oxygens (including phenoxy) is 1. The Morgan fingerprint density at radius 2 is 1.63 bits per heavy atom. The third-order valence-corrected chi connectivity index (χ3v) is 6.78. The second-order valence-electron chi connectivity index (χ2n) is 8.28. The number of nitrogens with one attached hydrogen (secondary N) is 1. The van der Waals surface area contributed by atoms with E-state index in [9.17, 15) is 23.6 Å². The van der Waals surface area contributed by atoms with Crippen molar-refractivity contribution in [2.45, 2.75) is 0 Å². The summed E-state index contributed by atoms with van der Waals surface area (Å²) in [6, 6.07) is 12.6. The van der Waals surface area contributed by atoms with Crippen molar-refractivity contribution in [3.05, 3.63) is 103 Å². The summed E-state index contributed by atoms with van der Waals surface area (Å²) in [5.74, 6) is -1.45. The topological polar surface area (TPSA) is 99.4 Å². The number of aryl methyl sites for hydroxylation is 1. The van der Waals surface area contributed by atoms with Crippen molar-refractivity contribution in [1.82, 2.24) is 9.13 Å². The van der Waals surface area contributed by atoms with Crippen LogP contribution in [0.25, 0.3) is 22.3 Å². The number of methoxy groups -OCH3 is 1. The quantitative estimate of drug-likeness (QED) is 0.340. The summed E-state index contributed by atoms with van der Waals surface area (Å²) in [6.45, 7) is 0. The third-order valence-electron chi connectivity index (χ3n) is 5.97. The van der Waals surface area contributed by atoms with Crippen LogP contribution in [0.15, 0.2) is 64.3 Å². The molecule has 0 fully saturated rings. The SMILES string of the molecule is COc1cc(-c2cccc(-c3cccc(NC(=O)c4cn(C)c(=O)n(C)c4=O)c3Cl)c2Cl)cc(F)c1C=O. The van der Waals surface area contributed by atoms with E-state index < -0.39 is 23.0 Å². The van der Waals surface area contributed by atoms with Crippen molar-refractivity contribution in [2.24, 2.45) is 14.1 Å². The van der Waals surface area contributed by atoms with Gasteiger partial charge in [-0.05, 0) is 23.8 Å². The number of halogens is 3. The molecule has 0 radical (unpaired) electrons. The Balaban J connectivity index is 1.76. The van der Waals surface area contributed by atoms with Gasteiger partial charge in [0.15, 0.2) is 6.29 Å². The highest BCUT2D eigenvalue weighted by molar-refractivity contribution is 6.39. The number of aromatic nitrogens is 2. The van der Waals surface area contributed by atoms with E-state index in [0.717, 1.165) is 15.3 Å². The summed E-state index contributed by atoms with van der Waals surface area (Å²) in [4.78, 5) is 48.5. The number of rotatable bonds is 6. The molecule has 1 amide bonds. The zero-order valence-electron chi connectivity index (χ0n) is 20.3. The largest absolute Gasteiger partial charge is 0.496 e. The van der Waals surface area contributed by atoms with Gasteiger partial charge in [0.2, 0.25) is 0 Å². The van der Waals surface area contributed by atoms with E-state index in [1.807, 2.05) is 0 Å². The Hall–Kier alpha value is -4.21. The number of hydrogen-bond donors (Lipinski definition) is 1. The van der Waals surface area contributed by atoms with Crippen LogP contribution in [-0.4, -0.2) is 28.4 Å². The van der Waals surface area contributed by atoms with Crippen molar-refractivity contribution >= 4 is 41.1 Å². The summed E-state index contributed by atoms with van der Waals surface area (Å²) in [6.07, 6.45) is 1.53. The van der Waals surface area contributed by atoms with Crippen molar-refractivity contribution in [3.63, 3.8) is 0 Å². The lowest BCUT2D eigenvalue weighted by molar-refractivity contribution is 0.102. The van der Waals surface area contributed by atoms with Crippen LogP contribution in [0.2, 0.25) is 10.0 Å². The van der Waals surface area contributed by atoms with Gasteiger partial charge >= 0.3 is 5.69 Å². The van der Waals surface area contributed by atoms with E-state index >= 15 is 0 Å². The minimum absolute atomic E-state index is 0.0590. The highest BCUT2D eigenvalue weighted by Gasteiger charge is 2.20. The molecule has 8 nitrogen and oxygen atoms in total. The minimum Gasteiger partial charge on any atom is -0.496 e. The van der Waals surface area contributed by atoms with Gasteiger partial charge < -0.3 is 14.6 Å². The van der Waals surface area contributed by atoms with E-state index in [-0.39, 0.29) is 32.6 Å². The molecule has 0 atom stereocenters. The first kappa shape index (κ1) is 26.8. The van der Waals surface area contributed by atoms with Crippen LogP contribution in [0.4, 0.5) is 10.1 Å². The normalized spacial score (nSPS) is 10.8. The average Bonchev–Trinajstić information content (AvgIpc) is 2.90. The summed E-state index contributed by atoms with van der Waals surface area (Å²) < 4.78 is 21.7. The zero-order valence-corrected chi connectivity index (χ0v) is 21.9. The van der Waals surface area contributed by atoms with Crippen molar-refractivity contribution in [3.8, 4) is 28.0 Å². The molecule has 1 N–H and O–H groups in total. The molecule has 38 heavy (non-hydrogen) atoms. The number of benzene rings is 3. The van der Waals surface area contributed by atoms with Crippen molar-refractivity contribution < 1.29 is 18.7 Å². The fraction of sp³-hybridized carbons (Fsp3) is 0.111. The first-order valence-corrected chi connectivity index (χ1v) is 11.8. The van der Waals surface area contributed by atoms with Gasteiger partial charge in [-0.25, -0.2) is 9.18 Å². The van der Waals surface area contributed by atoms with Crippen LogP contribution < -0.4 is 21.3 Å². The Labute approximate surface area is 225 Å².